The molecule has 1 aromatic rings. The molecule has 1 amide bonds. The second kappa shape index (κ2) is 5.62. The highest BCUT2D eigenvalue weighted by Gasteiger charge is 2.13. The molecule has 0 saturated carbocycles. The molecule has 0 heterocycles. The zero-order valence-electron chi connectivity index (χ0n) is 8.93. The van der Waals surface area contributed by atoms with Gasteiger partial charge >= 0.3 is 7.12 Å². The van der Waals surface area contributed by atoms with Gasteiger partial charge in [-0.3, -0.25) is 4.79 Å². The van der Waals surface area contributed by atoms with Gasteiger partial charge < -0.3 is 14.9 Å². The Labute approximate surface area is 93.5 Å². The first-order chi connectivity index (χ1) is 7.52. The molecule has 0 saturated heterocycles. The van der Waals surface area contributed by atoms with Crippen molar-refractivity contribution < 1.29 is 19.2 Å². The van der Waals surface area contributed by atoms with E-state index < -0.39 is 12.9 Å². The molecule has 0 aliphatic carbocycles. The van der Waals surface area contributed by atoms with Crippen LogP contribution in [0, 0.1) is 5.82 Å². The van der Waals surface area contributed by atoms with Crippen LogP contribution in [0.15, 0.2) is 18.2 Å². The Morgan fingerprint density at radius 3 is 2.69 bits per heavy atom. The van der Waals surface area contributed by atoms with Crippen LogP contribution in [0.3, 0.4) is 0 Å². The summed E-state index contributed by atoms with van der Waals surface area (Å²) in [5.41, 5.74) is 0.737. The Bertz CT molecular complexity index is 373. The van der Waals surface area contributed by atoms with Crippen molar-refractivity contribution in [2.24, 2.45) is 0 Å². The van der Waals surface area contributed by atoms with E-state index in [0.29, 0.717) is 24.9 Å². The highest BCUT2D eigenvalue weighted by atomic mass is 19.1. The lowest BCUT2D eigenvalue weighted by Gasteiger charge is -2.11. The number of benzene rings is 1. The second-order valence-electron chi connectivity index (χ2n) is 3.60. The number of amides is 1. The van der Waals surface area contributed by atoms with Gasteiger partial charge in [0.2, 0.25) is 6.41 Å². The molecular weight excluding hydrogens is 212 g/mol. The third-order valence-corrected chi connectivity index (χ3v) is 2.21. The lowest BCUT2D eigenvalue weighted by atomic mass is 9.79. The maximum atomic E-state index is 13.1. The van der Waals surface area contributed by atoms with Gasteiger partial charge in [-0.25, -0.2) is 4.39 Å². The molecule has 2 N–H and O–H groups in total. The zero-order valence-corrected chi connectivity index (χ0v) is 8.93. The number of carbonyl (C=O) groups excluding carboxylic acids is 1. The fraction of sp³-hybridized carbons (Fsp3) is 0.300. The van der Waals surface area contributed by atoms with Crippen molar-refractivity contribution in [3.05, 3.63) is 29.6 Å². The van der Waals surface area contributed by atoms with Crippen LogP contribution in [0.25, 0.3) is 0 Å². The number of hydrogen-bond acceptors (Lipinski definition) is 3. The summed E-state index contributed by atoms with van der Waals surface area (Å²) in [7, 11) is -0.0630. The summed E-state index contributed by atoms with van der Waals surface area (Å²) < 4.78 is 13.1. The number of hydrogen-bond donors (Lipinski definition) is 2. The van der Waals surface area contributed by atoms with Crippen molar-refractivity contribution in [2.75, 3.05) is 13.6 Å². The van der Waals surface area contributed by atoms with E-state index in [9.17, 15) is 9.18 Å². The number of likely N-dealkylation sites (N-methyl/N-ethyl adjacent to an activating group) is 1. The SMILES string of the molecule is CN(C=O)CCc1cc(F)cc(B(O)O)c1. The van der Waals surface area contributed by atoms with Crippen LogP contribution in [0.4, 0.5) is 4.39 Å². The third-order valence-electron chi connectivity index (χ3n) is 2.21. The third kappa shape index (κ3) is 3.64. The van der Waals surface area contributed by atoms with Crippen molar-refractivity contribution in [3.8, 4) is 0 Å². The Balaban J connectivity index is 2.76. The summed E-state index contributed by atoms with van der Waals surface area (Å²) in [6, 6.07) is 3.88. The van der Waals surface area contributed by atoms with Crippen molar-refractivity contribution in [1.29, 1.82) is 0 Å². The van der Waals surface area contributed by atoms with E-state index in [0.717, 1.165) is 6.07 Å². The highest BCUT2D eigenvalue weighted by Crippen LogP contribution is 2.03. The Hall–Kier alpha value is -1.40. The average molecular weight is 225 g/mol. The van der Waals surface area contributed by atoms with Crippen LogP contribution in [0.5, 0.6) is 0 Å². The van der Waals surface area contributed by atoms with Crippen LogP contribution < -0.4 is 5.46 Å². The van der Waals surface area contributed by atoms with Crippen LogP contribution in [0.2, 0.25) is 0 Å². The molecular formula is C10H13BFNO3. The average Bonchev–Trinajstić information content (AvgIpc) is 2.25. The monoisotopic (exact) mass is 225 g/mol. The lowest BCUT2D eigenvalue weighted by molar-refractivity contribution is -0.116. The van der Waals surface area contributed by atoms with Crippen molar-refractivity contribution in [1.82, 2.24) is 4.90 Å². The number of carbonyl (C=O) groups is 1. The van der Waals surface area contributed by atoms with E-state index in [4.69, 9.17) is 10.0 Å². The van der Waals surface area contributed by atoms with Crippen LogP contribution in [-0.4, -0.2) is 42.1 Å². The van der Waals surface area contributed by atoms with E-state index in [-0.39, 0.29) is 5.46 Å². The molecule has 1 rings (SSSR count). The van der Waals surface area contributed by atoms with E-state index in [1.165, 1.54) is 17.0 Å². The standard InChI is InChI=1S/C10H13BFNO3/c1-13(7-14)3-2-8-4-9(11(15)16)6-10(12)5-8/h4-7,15-16H,2-3H2,1H3. The zero-order chi connectivity index (χ0) is 12.1. The summed E-state index contributed by atoms with van der Waals surface area (Å²) >= 11 is 0. The molecule has 0 atom stereocenters. The fourth-order valence-corrected chi connectivity index (χ4v) is 1.33. The Kier molecular flexibility index (Phi) is 4.45. The Morgan fingerprint density at radius 2 is 2.12 bits per heavy atom. The molecule has 0 aliphatic rings. The number of rotatable bonds is 5. The van der Waals surface area contributed by atoms with Gasteiger partial charge in [-0.2, -0.15) is 0 Å². The van der Waals surface area contributed by atoms with E-state index in [1.807, 2.05) is 0 Å². The predicted molar refractivity (Wildman–Crippen MR) is 58.6 cm³/mol. The minimum Gasteiger partial charge on any atom is -0.423 e. The van der Waals surface area contributed by atoms with Crippen molar-refractivity contribution >= 4 is 19.0 Å². The summed E-state index contributed by atoms with van der Waals surface area (Å²) in [5, 5.41) is 17.8. The lowest BCUT2D eigenvalue weighted by Crippen LogP contribution is -2.30. The quantitative estimate of drug-likeness (QED) is 0.506. The summed E-state index contributed by atoms with van der Waals surface area (Å²) in [5.74, 6) is -0.519. The van der Waals surface area contributed by atoms with Gasteiger partial charge in [0.1, 0.15) is 5.82 Å². The van der Waals surface area contributed by atoms with E-state index in [2.05, 4.69) is 0 Å². The van der Waals surface area contributed by atoms with Crippen molar-refractivity contribution in [2.45, 2.75) is 6.42 Å². The molecule has 1 aromatic carbocycles. The molecule has 4 nitrogen and oxygen atoms in total. The molecule has 0 unspecified atom stereocenters. The molecule has 0 radical (unpaired) electrons. The van der Waals surface area contributed by atoms with Gasteiger partial charge in [0, 0.05) is 13.6 Å². The molecule has 0 bridgehead atoms. The summed E-state index contributed by atoms with van der Waals surface area (Å²) in [6.45, 7) is 0.452. The van der Waals surface area contributed by atoms with Crippen molar-refractivity contribution in [3.63, 3.8) is 0 Å². The largest absolute Gasteiger partial charge is 0.488 e. The molecule has 0 aromatic heterocycles. The minimum atomic E-state index is -1.68. The maximum absolute atomic E-state index is 13.1. The molecule has 16 heavy (non-hydrogen) atoms. The smallest absolute Gasteiger partial charge is 0.423 e. The normalized spacial score (nSPS) is 10.0. The van der Waals surface area contributed by atoms with Gasteiger partial charge in [-0.05, 0) is 29.6 Å². The summed E-state index contributed by atoms with van der Waals surface area (Å²) in [6.07, 6.45) is 1.15. The second-order valence-corrected chi connectivity index (χ2v) is 3.60. The first kappa shape index (κ1) is 12.7. The molecule has 6 heteroatoms. The van der Waals surface area contributed by atoms with Gasteiger partial charge in [0.15, 0.2) is 0 Å². The van der Waals surface area contributed by atoms with E-state index in [1.54, 1.807) is 7.05 Å². The minimum absolute atomic E-state index is 0.115. The van der Waals surface area contributed by atoms with E-state index >= 15 is 0 Å². The molecule has 0 fully saturated rings. The molecule has 86 valence electrons. The van der Waals surface area contributed by atoms with Gasteiger partial charge in [-0.15, -0.1) is 0 Å². The number of halogens is 1. The van der Waals surface area contributed by atoms with Crippen LogP contribution in [0.1, 0.15) is 5.56 Å². The maximum Gasteiger partial charge on any atom is 0.488 e. The van der Waals surface area contributed by atoms with Crippen LogP contribution >= 0.6 is 0 Å². The van der Waals surface area contributed by atoms with Gasteiger partial charge in [0.25, 0.3) is 0 Å². The van der Waals surface area contributed by atoms with Gasteiger partial charge in [0.05, 0.1) is 0 Å². The fourth-order valence-electron chi connectivity index (χ4n) is 1.33. The number of nitrogens with zero attached hydrogens (tertiary/aromatic N) is 1. The topological polar surface area (TPSA) is 60.8 Å². The first-order valence-corrected chi connectivity index (χ1v) is 4.84. The molecule has 0 aliphatic heterocycles. The Morgan fingerprint density at radius 1 is 1.44 bits per heavy atom. The summed E-state index contributed by atoms with van der Waals surface area (Å²) in [4.78, 5) is 11.8. The first-order valence-electron chi connectivity index (χ1n) is 4.84. The highest BCUT2D eigenvalue weighted by molar-refractivity contribution is 6.58. The van der Waals surface area contributed by atoms with Crippen LogP contribution in [-0.2, 0) is 11.2 Å². The predicted octanol–water partition coefficient (Wildman–Crippen LogP) is -0.864. The molecule has 0 spiro atoms. The van der Waals surface area contributed by atoms with Gasteiger partial charge in [-0.1, -0.05) is 6.07 Å².